The molecule has 13 atom stereocenters. The second-order valence-corrected chi connectivity index (χ2v) is 32.4. The lowest BCUT2D eigenvalue weighted by Gasteiger charge is -2.33. The first-order valence-electron chi connectivity index (χ1n) is 45.1. The Balaban J connectivity index is 0.638. The number of ether oxygens (including phenoxy) is 14. The topological polar surface area (TPSA) is 634 Å². The fourth-order valence-corrected chi connectivity index (χ4v) is 14.7. The van der Waals surface area contributed by atoms with Crippen molar-refractivity contribution in [3.8, 4) is 11.4 Å². The molecule has 750 valence electrons. The largest absolute Gasteiger partial charge is 0.458 e. The number of aryl methyl sites for hydroxylation is 1. The lowest BCUT2D eigenvalue weighted by Crippen LogP contribution is -2.56. The van der Waals surface area contributed by atoms with E-state index < -0.39 is 158 Å². The van der Waals surface area contributed by atoms with Gasteiger partial charge in [0.1, 0.15) is 67.7 Å². The molecule has 0 bridgehead atoms. The summed E-state index contributed by atoms with van der Waals surface area (Å²) in [6.45, 7) is 11.7. The number of esters is 1. The average molecular weight is 1900 g/mol. The number of primary amides is 1. The number of rotatable bonds is 71. The quantitative estimate of drug-likeness (QED) is 0.0135. The number of aliphatic hydroxyl groups is 11. The van der Waals surface area contributed by atoms with Crippen LogP contribution < -0.4 is 48.9 Å². The standard InChI is InChI=1S/C88H138FN11O33/c1-5-88(119)61-45-67-76-59(47-100(67)84(115)60(61)53-132-85(88)116)74-64(16-15-58-55(4)62(89)46-66(95-76)73(58)74)97-87(118)133-52-56-11-13-57(14-12-56)94-82(113)65(10-8-19-93-86(91)117)96-83(114)75(54(2)3)98-81(112)63(90)9-6-7-18-92-72(107)17-21-120-23-25-122-27-29-124-31-33-126-35-37-128-39-41-130-43-44-131-42-40-129-38-36-127-34-32-125-30-28-123-26-24-121-22-20-99(48-68(103)77(108)79(110)70(105)50-101)49-69(104)78(109)80(111)71(106)51-102/h11-14,45-46,54,63-65,68-71,75,77-80,101-106,108-111,119H,5-10,15-44,47-53,90H2,1-4H3,(H,92,107)(H,94,113)(H,96,114)(H,97,118)(H,98,112)(H3,91,93,117)/t63-,64-,65-,68-,69-,70+,71+,75-,77+,78+,79+,80+,88-/m0/s1. The van der Waals surface area contributed by atoms with E-state index in [1.165, 1.54) is 15.5 Å². The van der Waals surface area contributed by atoms with E-state index in [-0.39, 0.29) is 122 Å². The van der Waals surface area contributed by atoms with Crippen molar-refractivity contribution >= 4 is 58.3 Å². The highest BCUT2D eigenvalue weighted by molar-refractivity contribution is 5.99. The van der Waals surface area contributed by atoms with Crippen molar-refractivity contribution in [3.05, 3.63) is 91.5 Å². The van der Waals surface area contributed by atoms with Crippen molar-refractivity contribution in [1.29, 1.82) is 0 Å². The SMILES string of the molecule is CC[C@@]1(O)C(=O)OCc2c1cc1n(c2=O)Cc2c-1nc1cc(F)c(C)c3c1c2[C@@H](NC(=O)OCc1ccc(NC(=O)[C@H](CCCNC(N)=O)NC(=O)[C@@H](NC(=O)[C@@H](N)CCCCNC(=O)CCOCCOCCOCCOCCOCCOCCOCCOCCOCCOCCOCCOCCN(C[C@H](O)[C@@H](O)[C@H](O)[C@H](O)CO)C[C@H](O)[C@@H](O)[C@H](O)[C@H](O)CO)C(C)C)cc1)CC3. The highest BCUT2D eigenvalue weighted by atomic mass is 19.1. The first-order valence-corrected chi connectivity index (χ1v) is 45.1. The Bertz CT molecular complexity index is 4230. The number of carbonyl (C=O) groups is 7. The number of carbonyl (C=O) groups excluding carboxylic acids is 7. The number of nitrogens with two attached hydrogens (primary N) is 2. The number of benzene rings is 2. The summed E-state index contributed by atoms with van der Waals surface area (Å²) in [4.78, 5) is 112. The third-order valence-corrected chi connectivity index (χ3v) is 22.4. The second kappa shape index (κ2) is 60.3. The fraction of sp³-hybridized carbons (Fsp3) is 0.693. The molecule has 2 aliphatic heterocycles. The Labute approximate surface area is 770 Å². The van der Waals surface area contributed by atoms with Gasteiger partial charge in [0, 0.05) is 67.4 Å². The van der Waals surface area contributed by atoms with E-state index in [1.807, 2.05) is 0 Å². The zero-order chi connectivity index (χ0) is 96.8. The Kier molecular flexibility index (Phi) is 50.6. The molecule has 7 rings (SSSR count). The van der Waals surface area contributed by atoms with Gasteiger partial charge in [-0.2, -0.15) is 0 Å². The van der Waals surface area contributed by atoms with Crippen molar-refractivity contribution in [2.75, 3.05) is 210 Å². The molecule has 0 saturated carbocycles. The number of anilines is 1. The van der Waals surface area contributed by atoms with Crippen LogP contribution in [0.25, 0.3) is 22.3 Å². The van der Waals surface area contributed by atoms with Crippen LogP contribution in [0.1, 0.15) is 117 Å². The molecule has 2 aromatic heterocycles. The summed E-state index contributed by atoms with van der Waals surface area (Å²) < 4.78 is 94.3. The number of unbranched alkanes of at least 4 members (excludes halogenated alkanes) is 1. The highest BCUT2D eigenvalue weighted by Crippen LogP contribution is 2.46. The van der Waals surface area contributed by atoms with Crippen LogP contribution in [0.5, 0.6) is 0 Å². The van der Waals surface area contributed by atoms with E-state index in [9.17, 15) is 84.3 Å². The second-order valence-electron chi connectivity index (χ2n) is 32.4. The fourth-order valence-electron chi connectivity index (χ4n) is 14.7. The highest BCUT2D eigenvalue weighted by Gasteiger charge is 2.47. The zero-order valence-corrected chi connectivity index (χ0v) is 76.2. The Morgan fingerprint density at radius 3 is 1.59 bits per heavy atom. The number of nitrogens with one attached hydrogen (secondary N) is 6. The predicted octanol–water partition coefficient (Wildman–Crippen LogP) is -3.17. The lowest BCUT2D eigenvalue weighted by molar-refractivity contribution is -0.172. The summed E-state index contributed by atoms with van der Waals surface area (Å²) in [7, 11) is 0. The van der Waals surface area contributed by atoms with Crippen molar-refractivity contribution in [1.82, 2.24) is 41.0 Å². The number of aliphatic hydroxyl groups excluding tert-OH is 10. The van der Waals surface area contributed by atoms with E-state index in [0.717, 1.165) is 5.56 Å². The van der Waals surface area contributed by atoms with Gasteiger partial charge in [0.25, 0.3) is 5.56 Å². The van der Waals surface area contributed by atoms with Crippen LogP contribution in [0, 0.1) is 18.7 Å². The Morgan fingerprint density at radius 1 is 0.609 bits per heavy atom. The van der Waals surface area contributed by atoms with Gasteiger partial charge in [-0.1, -0.05) is 32.9 Å². The van der Waals surface area contributed by atoms with Gasteiger partial charge in [-0.15, -0.1) is 0 Å². The van der Waals surface area contributed by atoms with Crippen LogP contribution in [-0.4, -0.2) is 384 Å². The molecule has 1 aliphatic carbocycles. The minimum atomic E-state index is -2.07. The molecule has 0 fully saturated rings. The lowest BCUT2D eigenvalue weighted by atomic mass is 9.81. The number of urea groups is 1. The van der Waals surface area contributed by atoms with Crippen LogP contribution in [0.2, 0.25) is 0 Å². The first kappa shape index (κ1) is 112. The third kappa shape index (κ3) is 36.6. The van der Waals surface area contributed by atoms with Crippen LogP contribution >= 0.6 is 0 Å². The molecule has 44 nitrogen and oxygen atoms in total. The first-order chi connectivity index (χ1) is 63.9. The van der Waals surface area contributed by atoms with E-state index in [1.54, 1.807) is 58.0 Å². The van der Waals surface area contributed by atoms with Gasteiger partial charge in [-0.25, -0.2) is 23.8 Å². The number of halogens is 1. The van der Waals surface area contributed by atoms with Crippen molar-refractivity contribution in [3.63, 3.8) is 0 Å². The number of alkyl carbamates (subject to hydrolysis) is 1. The van der Waals surface area contributed by atoms with E-state index in [2.05, 4.69) is 31.9 Å². The molecule has 4 aromatic rings. The van der Waals surface area contributed by atoms with Gasteiger partial charge >= 0.3 is 18.1 Å². The molecule has 0 unspecified atom stereocenters. The molecule has 7 amide bonds. The average Bonchev–Trinajstić information content (AvgIpc) is 1.57. The number of hydrogen-bond donors (Lipinski definition) is 19. The monoisotopic (exact) mass is 1900 g/mol. The predicted molar refractivity (Wildman–Crippen MR) is 472 cm³/mol. The maximum Gasteiger partial charge on any atom is 0.407 e. The molecule has 3 aliphatic rings. The molecule has 2 aromatic carbocycles. The molecule has 0 saturated heterocycles. The maximum absolute atomic E-state index is 15.5. The van der Waals surface area contributed by atoms with E-state index in [0.29, 0.717) is 201 Å². The summed E-state index contributed by atoms with van der Waals surface area (Å²) in [6.07, 6.45) is -12.9. The number of cyclic esters (lactones) is 1. The molecule has 45 heteroatoms. The maximum atomic E-state index is 15.5. The molecule has 21 N–H and O–H groups in total. The number of fused-ring (bicyclic) bond motifs is 5. The third-order valence-electron chi connectivity index (χ3n) is 22.4. The van der Waals surface area contributed by atoms with Crippen LogP contribution in [0.15, 0.2) is 41.2 Å². The van der Waals surface area contributed by atoms with Crippen LogP contribution in [-0.2, 0) is 122 Å². The van der Waals surface area contributed by atoms with Gasteiger partial charge in [0.05, 0.1) is 225 Å². The number of aromatic nitrogens is 2. The summed E-state index contributed by atoms with van der Waals surface area (Å²) >= 11 is 0. The van der Waals surface area contributed by atoms with Crippen LogP contribution in [0.4, 0.5) is 19.7 Å². The van der Waals surface area contributed by atoms with Crippen LogP contribution in [0.3, 0.4) is 0 Å². The van der Waals surface area contributed by atoms with Crippen molar-refractivity contribution in [2.45, 2.75) is 184 Å². The number of hydrogen-bond acceptors (Lipinski definition) is 36. The molecule has 133 heavy (non-hydrogen) atoms. The number of pyridine rings is 2. The molecule has 4 heterocycles. The number of nitrogens with zero attached hydrogens (tertiary/aromatic N) is 3. The molecular weight excluding hydrogens is 1760 g/mol. The summed E-state index contributed by atoms with van der Waals surface area (Å²) in [5.74, 6) is -3.87. The Morgan fingerprint density at radius 2 is 1.10 bits per heavy atom. The van der Waals surface area contributed by atoms with Gasteiger partial charge in [-0.3, -0.25) is 28.9 Å². The number of amides is 7. The minimum Gasteiger partial charge on any atom is -0.458 e. The summed E-state index contributed by atoms with van der Waals surface area (Å²) in [5.41, 5.74) is 13.6. The normalized spacial score (nSPS) is 17.0. The zero-order valence-electron chi connectivity index (χ0n) is 76.2. The van der Waals surface area contributed by atoms with Gasteiger partial charge < -0.3 is 170 Å². The van der Waals surface area contributed by atoms with Gasteiger partial charge in [0.15, 0.2) is 5.60 Å². The smallest absolute Gasteiger partial charge is 0.407 e. The molecular formula is C88H138FN11O33. The Hall–Kier alpha value is -8.38. The van der Waals surface area contributed by atoms with Crippen molar-refractivity contribution in [2.24, 2.45) is 17.4 Å². The molecule has 0 spiro atoms. The summed E-state index contributed by atoms with van der Waals surface area (Å²) in [5, 5.41) is 128. The van der Waals surface area contributed by atoms with E-state index >= 15 is 4.39 Å². The molecule has 0 radical (unpaired) electrons. The van der Waals surface area contributed by atoms with E-state index in [4.69, 9.17) is 93.0 Å². The van der Waals surface area contributed by atoms with Gasteiger partial charge in [0.2, 0.25) is 23.6 Å². The van der Waals surface area contributed by atoms with Crippen molar-refractivity contribution < 1.29 is 160 Å². The summed E-state index contributed by atoms with van der Waals surface area (Å²) in [6, 6.07) is 4.60. The van der Waals surface area contributed by atoms with Gasteiger partial charge in [-0.05, 0) is 105 Å². The minimum absolute atomic E-state index is 0.00623.